The molecular weight excluding hydrogens is 322 g/mol. The van der Waals surface area contributed by atoms with Gasteiger partial charge < -0.3 is 15.4 Å². The molecule has 0 aliphatic carbocycles. The zero-order valence-electron chi connectivity index (χ0n) is 16.8. The first kappa shape index (κ1) is 21.2. The van der Waals surface area contributed by atoms with Gasteiger partial charge in [0.2, 0.25) is 0 Å². The fraction of sp³-hybridized carbons (Fsp3) is 0.727. The SMILES string of the molecule is CCCCCCCCOc1ccc(CN2CCN(CCCN)CC2)cc1. The number of rotatable bonds is 13. The zero-order chi connectivity index (χ0) is 18.5. The molecule has 148 valence electrons. The largest absolute Gasteiger partial charge is 0.494 e. The minimum absolute atomic E-state index is 0.799. The topological polar surface area (TPSA) is 41.7 Å². The van der Waals surface area contributed by atoms with Crippen molar-refractivity contribution in [3.05, 3.63) is 29.8 Å². The standard InChI is InChI=1S/C22H39N3O/c1-2-3-4-5-6-7-19-26-22-11-9-21(10-12-22)20-25-17-15-24(16-18-25)14-8-13-23/h9-12H,2-8,13-20,23H2,1H3. The molecule has 0 atom stereocenters. The van der Waals surface area contributed by atoms with Crippen molar-refractivity contribution in [1.29, 1.82) is 0 Å². The molecule has 4 heteroatoms. The van der Waals surface area contributed by atoms with Gasteiger partial charge in [-0.1, -0.05) is 51.2 Å². The molecular formula is C22H39N3O. The average Bonchev–Trinajstić information content (AvgIpc) is 2.68. The Morgan fingerprint density at radius 1 is 0.846 bits per heavy atom. The van der Waals surface area contributed by atoms with Crippen LogP contribution in [0, 0.1) is 0 Å². The second kappa shape index (κ2) is 13.1. The average molecular weight is 362 g/mol. The summed E-state index contributed by atoms with van der Waals surface area (Å²) in [6, 6.07) is 8.70. The first-order valence-corrected chi connectivity index (χ1v) is 10.7. The number of ether oxygens (including phenoxy) is 1. The Labute approximate surface area is 160 Å². The quantitative estimate of drug-likeness (QED) is 0.541. The lowest BCUT2D eigenvalue weighted by atomic mass is 10.1. The van der Waals surface area contributed by atoms with Gasteiger partial charge in [-0.15, -0.1) is 0 Å². The van der Waals surface area contributed by atoms with Gasteiger partial charge in [0, 0.05) is 32.7 Å². The summed E-state index contributed by atoms with van der Waals surface area (Å²) in [7, 11) is 0. The predicted octanol–water partition coefficient (Wildman–Crippen LogP) is 3.89. The Bertz CT molecular complexity index is 455. The second-order valence-electron chi connectivity index (χ2n) is 7.52. The van der Waals surface area contributed by atoms with Crippen LogP contribution in [-0.4, -0.2) is 55.7 Å². The molecule has 1 fully saturated rings. The van der Waals surface area contributed by atoms with Crippen molar-refractivity contribution in [2.24, 2.45) is 5.73 Å². The van der Waals surface area contributed by atoms with Crippen molar-refractivity contribution < 1.29 is 4.74 Å². The van der Waals surface area contributed by atoms with Crippen LogP contribution >= 0.6 is 0 Å². The lowest BCUT2D eigenvalue weighted by Crippen LogP contribution is -2.46. The van der Waals surface area contributed by atoms with E-state index in [1.54, 1.807) is 0 Å². The summed E-state index contributed by atoms with van der Waals surface area (Å²) in [5.41, 5.74) is 6.98. The molecule has 1 heterocycles. The molecule has 0 saturated carbocycles. The van der Waals surface area contributed by atoms with Gasteiger partial charge in [-0.3, -0.25) is 4.90 Å². The molecule has 0 aromatic heterocycles. The van der Waals surface area contributed by atoms with Crippen molar-refractivity contribution in [2.75, 3.05) is 45.9 Å². The van der Waals surface area contributed by atoms with Crippen LogP contribution in [0.3, 0.4) is 0 Å². The van der Waals surface area contributed by atoms with E-state index >= 15 is 0 Å². The van der Waals surface area contributed by atoms with E-state index in [9.17, 15) is 0 Å². The van der Waals surface area contributed by atoms with Crippen molar-refractivity contribution >= 4 is 0 Å². The number of nitrogens with zero attached hydrogens (tertiary/aromatic N) is 2. The Balaban J connectivity index is 1.59. The molecule has 0 amide bonds. The van der Waals surface area contributed by atoms with Crippen molar-refractivity contribution in [2.45, 2.75) is 58.4 Å². The number of unbranched alkanes of at least 4 members (excludes halogenated alkanes) is 5. The summed E-state index contributed by atoms with van der Waals surface area (Å²) in [6.45, 7) is 10.7. The van der Waals surface area contributed by atoms with E-state index < -0.39 is 0 Å². The van der Waals surface area contributed by atoms with Gasteiger partial charge in [0.05, 0.1) is 6.61 Å². The Hall–Kier alpha value is -1.10. The fourth-order valence-corrected chi connectivity index (χ4v) is 3.51. The van der Waals surface area contributed by atoms with E-state index in [1.807, 2.05) is 0 Å². The molecule has 0 bridgehead atoms. The number of benzene rings is 1. The van der Waals surface area contributed by atoms with Crippen molar-refractivity contribution in [1.82, 2.24) is 9.80 Å². The van der Waals surface area contributed by atoms with Gasteiger partial charge in [0.15, 0.2) is 0 Å². The number of nitrogens with two attached hydrogens (primary N) is 1. The van der Waals surface area contributed by atoms with E-state index in [0.29, 0.717) is 0 Å². The molecule has 0 spiro atoms. The second-order valence-corrected chi connectivity index (χ2v) is 7.52. The third-order valence-electron chi connectivity index (χ3n) is 5.24. The predicted molar refractivity (Wildman–Crippen MR) is 111 cm³/mol. The van der Waals surface area contributed by atoms with Gasteiger partial charge in [0.25, 0.3) is 0 Å². The molecule has 2 rings (SSSR count). The summed E-state index contributed by atoms with van der Waals surface area (Å²) in [6.07, 6.45) is 8.95. The number of hydrogen-bond donors (Lipinski definition) is 1. The monoisotopic (exact) mass is 361 g/mol. The van der Waals surface area contributed by atoms with Crippen LogP contribution in [0.2, 0.25) is 0 Å². The normalized spacial score (nSPS) is 16.1. The molecule has 4 nitrogen and oxygen atoms in total. The minimum Gasteiger partial charge on any atom is -0.494 e. The summed E-state index contributed by atoms with van der Waals surface area (Å²) in [5, 5.41) is 0. The van der Waals surface area contributed by atoms with Crippen LogP contribution in [0.5, 0.6) is 5.75 Å². The van der Waals surface area contributed by atoms with E-state index in [4.69, 9.17) is 10.5 Å². The molecule has 0 unspecified atom stereocenters. The Kier molecular flexibility index (Phi) is 10.7. The maximum Gasteiger partial charge on any atom is 0.119 e. The molecule has 26 heavy (non-hydrogen) atoms. The van der Waals surface area contributed by atoms with Crippen LogP contribution in [0.15, 0.2) is 24.3 Å². The molecule has 2 N–H and O–H groups in total. The molecule has 1 saturated heterocycles. The molecule has 1 aliphatic rings. The Morgan fingerprint density at radius 2 is 1.50 bits per heavy atom. The summed E-state index contributed by atoms with van der Waals surface area (Å²) in [4.78, 5) is 5.08. The summed E-state index contributed by atoms with van der Waals surface area (Å²) < 4.78 is 5.88. The molecule has 1 aromatic rings. The van der Waals surface area contributed by atoms with Crippen molar-refractivity contribution in [3.63, 3.8) is 0 Å². The highest BCUT2D eigenvalue weighted by molar-refractivity contribution is 5.27. The minimum atomic E-state index is 0.799. The van der Waals surface area contributed by atoms with E-state index in [-0.39, 0.29) is 0 Å². The van der Waals surface area contributed by atoms with E-state index in [1.165, 1.54) is 57.2 Å². The van der Waals surface area contributed by atoms with E-state index in [2.05, 4.69) is 41.0 Å². The van der Waals surface area contributed by atoms with Crippen LogP contribution in [0.1, 0.15) is 57.4 Å². The van der Waals surface area contributed by atoms with Gasteiger partial charge >= 0.3 is 0 Å². The van der Waals surface area contributed by atoms with Crippen LogP contribution < -0.4 is 10.5 Å². The van der Waals surface area contributed by atoms with Gasteiger partial charge in [-0.2, -0.15) is 0 Å². The lowest BCUT2D eigenvalue weighted by Gasteiger charge is -2.34. The summed E-state index contributed by atoms with van der Waals surface area (Å²) in [5.74, 6) is 1.01. The maximum atomic E-state index is 5.88. The highest BCUT2D eigenvalue weighted by atomic mass is 16.5. The third kappa shape index (κ3) is 8.52. The molecule has 1 aromatic carbocycles. The van der Waals surface area contributed by atoms with Gasteiger partial charge in [0.1, 0.15) is 5.75 Å². The lowest BCUT2D eigenvalue weighted by molar-refractivity contribution is 0.126. The molecule has 1 aliphatic heterocycles. The molecule has 0 radical (unpaired) electrons. The highest BCUT2D eigenvalue weighted by Gasteiger charge is 2.16. The Morgan fingerprint density at radius 3 is 2.19 bits per heavy atom. The summed E-state index contributed by atoms with van der Waals surface area (Å²) >= 11 is 0. The highest BCUT2D eigenvalue weighted by Crippen LogP contribution is 2.15. The van der Waals surface area contributed by atoms with Crippen LogP contribution in [0.25, 0.3) is 0 Å². The van der Waals surface area contributed by atoms with Crippen molar-refractivity contribution in [3.8, 4) is 5.75 Å². The van der Waals surface area contributed by atoms with Crippen LogP contribution in [-0.2, 0) is 6.54 Å². The number of hydrogen-bond acceptors (Lipinski definition) is 4. The van der Waals surface area contributed by atoms with Crippen LogP contribution in [0.4, 0.5) is 0 Å². The fourth-order valence-electron chi connectivity index (χ4n) is 3.51. The number of piperazine rings is 1. The smallest absolute Gasteiger partial charge is 0.119 e. The zero-order valence-corrected chi connectivity index (χ0v) is 16.8. The van der Waals surface area contributed by atoms with Gasteiger partial charge in [-0.25, -0.2) is 0 Å². The first-order valence-electron chi connectivity index (χ1n) is 10.7. The van der Waals surface area contributed by atoms with Gasteiger partial charge in [-0.05, 0) is 43.6 Å². The third-order valence-corrected chi connectivity index (χ3v) is 5.24. The van der Waals surface area contributed by atoms with E-state index in [0.717, 1.165) is 51.5 Å². The first-order chi connectivity index (χ1) is 12.8. The maximum absolute atomic E-state index is 5.88.